The minimum Gasteiger partial charge on any atom is -0.245 e. The van der Waals surface area contributed by atoms with E-state index in [0.717, 1.165) is 0 Å². The standard InChI is InChI=1S/2C4H4N2.C3H8.2C2H6/c2*1-2-5-4-6-3-1;1-3-2;2*1-2/h2*1-4H;3H2,1-2H3;2*1-2H3. The fraction of sp³-hybridized carbons (Fsp3) is 0.467. The lowest BCUT2D eigenvalue weighted by molar-refractivity contribution is 1.09. The van der Waals surface area contributed by atoms with E-state index >= 15 is 0 Å². The largest absolute Gasteiger partial charge is 0.245 e. The van der Waals surface area contributed by atoms with Crippen LogP contribution in [0, 0.1) is 0 Å². The van der Waals surface area contributed by atoms with Gasteiger partial charge in [-0.25, -0.2) is 19.9 Å². The molecule has 2 aromatic rings. The van der Waals surface area contributed by atoms with Gasteiger partial charge in [-0.15, -0.1) is 0 Å². The second-order valence-electron chi connectivity index (χ2n) is 2.52. The Labute approximate surface area is 118 Å². The number of nitrogens with zero attached hydrogens (tertiary/aromatic N) is 4. The lowest BCUT2D eigenvalue weighted by Gasteiger charge is -1.70. The summed E-state index contributed by atoms with van der Waals surface area (Å²) in [5.74, 6) is 0. The Morgan fingerprint density at radius 2 is 0.789 bits per heavy atom. The van der Waals surface area contributed by atoms with E-state index in [1.165, 1.54) is 19.1 Å². The Balaban J connectivity index is -0.000000187. The van der Waals surface area contributed by atoms with Crippen LogP contribution in [-0.4, -0.2) is 19.9 Å². The highest BCUT2D eigenvalue weighted by Gasteiger charge is 1.59. The second kappa shape index (κ2) is 29.8. The maximum Gasteiger partial charge on any atom is 0.115 e. The molecule has 0 bridgehead atoms. The van der Waals surface area contributed by atoms with Gasteiger partial charge >= 0.3 is 0 Å². The first-order valence-electron chi connectivity index (χ1n) is 6.81. The topological polar surface area (TPSA) is 51.6 Å². The third-order valence-corrected chi connectivity index (χ3v) is 0.955. The van der Waals surface area contributed by atoms with Crippen molar-refractivity contribution in [1.29, 1.82) is 0 Å². The number of hydrogen-bond donors (Lipinski definition) is 0. The van der Waals surface area contributed by atoms with Gasteiger partial charge in [0.15, 0.2) is 0 Å². The minimum absolute atomic E-state index is 1.25. The van der Waals surface area contributed by atoms with Crippen molar-refractivity contribution in [2.24, 2.45) is 0 Å². The number of hydrogen-bond acceptors (Lipinski definition) is 4. The summed E-state index contributed by atoms with van der Waals surface area (Å²) in [6.45, 7) is 12.2. The quantitative estimate of drug-likeness (QED) is 0.706. The van der Waals surface area contributed by atoms with Gasteiger partial charge in [-0.05, 0) is 12.1 Å². The lowest BCUT2D eigenvalue weighted by atomic mass is 10.6. The Hall–Kier alpha value is -1.84. The molecular weight excluding hydrogens is 236 g/mol. The Bertz CT molecular complexity index is 202. The molecule has 2 heterocycles. The molecule has 4 nitrogen and oxygen atoms in total. The van der Waals surface area contributed by atoms with Crippen molar-refractivity contribution in [2.45, 2.75) is 48.0 Å². The zero-order valence-corrected chi connectivity index (χ0v) is 13.1. The number of aromatic nitrogens is 4. The highest BCUT2D eigenvalue weighted by atomic mass is 14.8. The molecule has 0 saturated heterocycles. The molecule has 0 aliphatic heterocycles. The van der Waals surface area contributed by atoms with Crippen LogP contribution in [0.4, 0.5) is 0 Å². The van der Waals surface area contributed by atoms with Gasteiger partial charge in [0.1, 0.15) is 12.7 Å². The van der Waals surface area contributed by atoms with Crippen LogP contribution < -0.4 is 0 Å². The van der Waals surface area contributed by atoms with Crippen LogP contribution in [0.3, 0.4) is 0 Å². The van der Waals surface area contributed by atoms with Crippen LogP contribution in [0.1, 0.15) is 48.0 Å². The van der Waals surface area contributed by atoms with Crippen molar-refractivity contribution < 1.29 is 0 Å². The summed E-state index contributed by atoms with van der Waals surface area (Å²) in [5.41, 5.74) is 0. The first-order chi connectivity index (χ1) is 9.41. The average molecular weight is 264 g/mol. The predicted octanol–water partition coefficient (Wildman–Crippen LogP) is 4.42. The molecule has 0 aliphatic rings. The van der Waals surface area contributed by atoms with Crippen LogP contribution in [0.5, 0.6) is 0 Å². The van der Waals surface area contributed by atoms with Crippen LogP contribution in [0.2, 0.25) is 0 Å². The summed E-state index contributed by atoms with van der Waals surface area (Å²) in [7, 11) is 0. The average Bonchev–Trinajstić information content (AvgIpc) is 2.56. The molecule has 0 atom stereocenters. The second-order valence-corrected chi connectivity index (χ2v) is 2.52. The van der Waals surface area contributed by atoms with Gasteiger partial charge in [0, 0.05) is 24.8 Å². The van der Waals surface area contributed by atoms with Crippen molar-refractivity contribution in [1.82, 2.24) is 19.9 Å². The van der Waals surface area contributed by atoms with E-state index in [2.05, 4.69) is 33.8 Å². The molecule has 0 saturated carbocycles. The molecule has 2 aromatic heterocycles. The molecule has 0 aromatic carbocycles. The highest BCUT2D eigenvalue weighted by molar-refractivity contribution is 4.74. The first kappa shape index (κ1) is 22.3. The van der Waals surface area contributed by atoms with Crippen molar-refractivity contribution >= 4 is 0 Å². The first-order valence-corrected chi connectivity index (χ1v) is 6.81. The molecule has 0 fully saturated rings. The molecule has 0 spiro atoms. The van der Waals surface area contributed by atoms with Crippen LogP contribution >= 0.6 is 0 Å². The molecule has 19 heavy (non-hydrogen) atoms. The van der Waals surface area contributed by atoms with E-state index in [4.69, 9.17) is 0 Å². The fourth-order valence-corrected chi connectivity index (χ4v) is 0.507. The maximum atomic E-state index is 3.67. The minimum atomic E-state index is 1.25. The van der Waals surface area contributed by atoms with E-state index in [1.807, 2.05) is 27.7 Å². The van der Waals surface area contributed by atoms with Gasteiger partial charge < -0.3 is 0 Å². The fourth-order valence-electron chi connectivity index (χ4n) is 0.507. The van der Waals surface area contributed by atoms with Gasteiger partial charge in [0.05, 0.1) is 0 Å². The third kappa shape index (κ3) is 31.4. The van der Waals surface area contributed by atoms with Gasteiger partial charge in [0.25, 0.3) is 0 Å². The molecule has 0 amide bonds. The van der Waals surface area contributed by atoms with Gasteiger partial charge in [-0.2, -0.15) is 0 Å². The Kier molecular flexibility index (Phi) is 35.1. The molecule has 0 unspecified atom stereocenters. The van der Waals surface area contributed by atoms with E-state index in [1.54, 1.807) is 36.9 Å². The monoisotopic (exact) mass is 264 g/mol. The molecule has 108 valence electrons. The summed E-state index contributed by atoms with van der Waals surface area (Å²) in [4.78, 5) is 14.7. The van der Waals surface area contributed by atoms with E-state index in [0.29, 0.717) is 0 Å². The summed E-state index contributed by atoms with van der Waals surface area (Å²) in [6, 6.07) is 3.56. The molecule has 0 N–H and O–H groups in total. The molecular formula is C15H28N4. The lowest BCUT2D eigenvalue weighted by Crippen LogP contribution is -1.66. The molecule has 0 radical (unpaired) electrons. The number of rotatable bonds is 0. The van der Waals surface area contributed by atoms with Crippen molar-refractivity contribution in [3.63, 3.8) is 0 Å². The van der Waals surface area contributed by atoms with Crippen LogP contribution in [-0.2, 0) is 0 Å². The van der Waals surface area contributed by atoms with E-state index < -0.39 is 0 Å². The van der Waals surface area contributed by atoms with E-state index in [9.17, 15) is 0 Å². The summed E-state index contributed by atoms with van der Waals surface area (Å²) < 4.78 is 0. The summed E-state index contributed by atoms with van der Waals surface area (Å²) in [6.07, 6.45) is 11.0. The third-order valence-electron chi connectivity index (χ3n) is 0.955. The summed E-state index contributed by atoms with van der Waals surface area (Å²) in [5, 5.41) is 0. The predicted molar refractivity (Wildman–Crippen MR) is 82.7 cm³/mol. The van der Waals surface area contributed by atoms with Gasteiger partial charge in [-0.3, -0.25) is 0 Å². The molecule has 4 heteroatoms. The zero-order chi connectivity index (χ0) is 15.2. The Morgan fingerprint density at radius 1 is 0.579 bits per heavy atom. The van der Waals surface area contributed by atoms with Crippen molar-refractivity contribution in [3.8, 4) is 0 Å². The van der Waals surface area contributed by atoms with Crippen molar-refractivity contribution in [2.75, 3.05) is 0 Å². The molecule has 0 aliphatic carbocycles. The van der Waals surface area contributed by atoms with Gasteiger partial charge in [-0.1, -0.05) is 48.0 Å². The van der Waals surface area contributed by atoms with Gasteiger partial charge in [0.2, 0.25) is 0 Å². The Morgan fingerprint density at radius 3 is 0.842 bits per heavy atom. The van der Waals surface area contributed by atoms with Crippen LogP contribution in [0.15, 0.2) is 49.6 Å². The normalized spacial score (nSPS) is 6.63. The summed E-state index contributed by atoms with van der Waals surface area (Å²) >= 11 is 0. The van der Waals surface area contributed by atoms with Crippen molar-refractivity contribution in [3.05, 3.63) is 49.6 Å². The molecule has 2 rings (SSSR count). The highest BCUT2D eigenvalue weighted by Crippen LogP contribution is 1.67. The SMILES string of the molecule is CC.CC.CCC.c1cncnc1.c1cncnc1. The smallest absolute Gasteiger partial charge is 0.115 e. The van der Waals surface area contributed by atoms with Crippen LogP contribution in [0.25, 0.3) is 0 Å². The zero-order valence-electron chi connectivity index (χ0n) is 13.1. The van der Waals surface area contributed by atoms with E-state index in [-0.39, 0.29) is 0 Å². The maximum absolute atomic E-state index is 3.67.